The highest BCUT2D eigenvalue weighted by Crippen LogP contribution is 2.32. The second-order valence-corrected chi connectivity index (χ2v) is 13.1. The summed E-state index contributed by atoms with van der Waals surface area (Å²) in [4.78, 5) is 68.7. The summed E-state index contributed by atoms with van der Waals surface area (Å²) in [5, 5.41) is 0. The first-order valence-electron chi connectivity index (χ1n) is 18.8. The molecule has 0 spiro atoms. The van der Waals surface area contributed by atoms with Gasteiger partial charge in [0.05, 0.1) is 27.8 Å². The van der Waals surface area contributed by atoms with E-state index in [9.17, 15) is 24.0 Å². The highest BCUT2D eigenvalue weighted by Gasteiger charge is 2.54. The molecule has 0 amide bonds. The average Bonchev–Trinajstić information content (AvgIpc) is 3.27. The van der Waals surface area contributed by atoms with Gasteiger partial charge in [0.15, 0.2) is 12.2 Å². The Balaban J connectivity index is 1.43. The molecule has 5 aromatic carbocycles. The number of hydrogen-bond donors (Lipinski definition) is 0. The highest BCUT2D eigenvalue weighted by atomic mass is 16.7. The van der Waals surface area contributed by atoms with Gasteiger partial charge in [0, 0.05) is 12.0 Å². The van der Waals surface area contributed by atoms with Crippen LogP contribution < -0.4 is 0 Å². The molecule has 0 saturated carbocycles. The normalized spacial score (nSPS) is 18.3. The minimum Gasteiger partial charge on any atom is -0.459 e. The van der Waals surface area contributed by atoms with E-state index >= 15 is 0 Å². The number of hydrogen-bond acceptors (Lipinski definition) is 11. The molecule has 1 saturated heterocycles. The maximum atomic E-state index is 14.1. The van der Waals surface area contributed by atoms with E-state index in [0.29, 0.717) is 12.0 Å². The third-order valence-electron chi connectivity index (χ3n) is 8.99. The summed E-state index contributed by atoms with van der Waals surface area (Å²) < 4.78 is 36.1. The third kappa shape index (κ3) is 10.6. The van der Waals surface area contributed by atoms with Crippen LogP contribution in [0.15, 0.2) is 146 Å². The third-order valence-corrected chi connectivity index (χ3v) is 8.99. The smallest absolute Gasteiger partial charge is 0.341 e. The fraction of sp³-hybridized carbons (Fsp3) is 0.213. The van der Waals surface area contributed by atoms with E-state index in [4.69, 9.17) is 28.4 Å². The van der Waals surface area contributed by atoms with Crippen molar-refractivity contribution in [2.75, 3.05) is 6.61 Å². The van der Waals surface area contributed by atoms with Gasteiger partial charge in [-0.15, -0.1) is 0 Å². The monoisotopic (exact) mass is 780 g/mol. The van der Waals surface area contributed by atoms with Crippen molar-refractivity contribution in [1.82, 2.24) is 0 Å². The molecule has 0 radical (unpaired) electrons. The van der Waals surface area contributed by atoms with Crippen molar-refractivity contribution in [2.24, 2.45) is 0 Å². The van der Waals surface area contributed by atoms with Crippen molar-refractivity contribution in [3.8, 4) is 11.8 Å². The van der Waals surface area contributed by atoms with Gasteiger partial charge in [-0.2, -0.15) is 0 Å². The minimum absolute atomic E-state index is 0.0887. The van der Waals surface area contributed by atoms with Crippen molar-refractivity contribution in [1.29, 1.82) is 0 Å². The van der Waals surface area contributed by atoms with Crippen LogP contribution in [0.2, 0.25) is 0 Å². The van der Waals surface area contributed by atoms with Crippen LogP contribution in [0.1, 0.15) is 83.5 Å². The summed E-state index contributed by atoms with van der Waals surface area (Å²) in [6.45, 7) is 1.47. The zero-order valence-electron chi connectivity index (χ0n) is 31.6. The van der Waals surface area contributed by atoms with Crippen molar-refractivity contribution in [3.05, 3.63) is 179 Å². The Kier molecular flexibility index (Phi) is 14.2. The number of unbranched alkanes of at least 4 members (excludes halogenated alkanes) is 2. The Morgan fingerprint density at radius 1 is 0.517 bits per heavy atom. The largest absolute Gasteiger partial charge is 0.459 e. The zero-order valence-corrected chi connectivity index (χ0v) is 31.6. The van der Waals surface area contributed by atoms with Gasteiger partial charge in [0.2, 0.25) is 12.4 Å². The minimum atomic E-state index is -1.80. The molecule has 0 aliphatic carbocycles. The second-order valence-electron chi connectivity index (χ2n) is 13.1. The number of benzene rings is 5. The molecule has 1 aliphatic heterocycles. The Morgan fingerprint density at radius 3 is 1.48 bits per heavy atom. The standard InChI is InChI=1S/C47H40O11/c1-2-3-4-9-20-32-21-18-19-30-37(32)46(52)58-47-41(57-45(51)36-28-16-8-17-29-36)40(56-44(50)35-26-14-7-15-27-35)39(55-43(49)34-24-12-6-13-25-34)38(54-47)31-53-42(48)33-22-10-5-11-23-33/h5-8,10-19,21-30,38-41,47H,2-4,31H2,1H3/t38?,39-,40?,41?,47+/m1/s1. The van der Waals surface area contributed by atoms with Crippen LogP contribution in [-0.2, 0) is 28.4 Å². The number of carbonyl (C=O) groups is 5. The van der Waals surface area contributed by atoms with E-state index in [1.807, 2.05) is 6.92 Å². The molecule has 294 valence electrons. The van der Waals surface area contributed by atoms with E-state index < -0.39 is 67.2 Å². The van der Waals surface area contributed by atoms with E-state index in [1.165, 1.54) is 42.5 Å². The van der Waals surface area contributed by atoms with Crippen LogP contribution in [0, 0.1) is 11.8 Å². The number of ether oxygens (including phenoxy) is 6. The van der Waals surface area contributed by atoms with Crippen LogP contribution in [0.3, 0.4) is 0 Å². The molecule has 6 rings (SSSR count). The zero-order chi connectivity index (χ0) is 40.7. The molecule has 5 atom stereocenters. The number of esters is 5. The second kappa shape index (κ2) is 20.2. The molecule has 1 fully saturated rings. The van der Waals surface area contributed by atoms with Gasteiger partial charge >= 0.3 is 29.8 Å². The van der Waals surface area contributed by atoms with Gasteiger partial charge in [0.1, 0.15) is 12.7 Å². The molecular weight excluding hydrogens is 741 g/mol. The van der Waals surface area contributed by atoms with Crippen molar-refractivity contribution < 1.29 is 52.4 Å². The molecule has 11 nitrogen and oxygen atoms in total. The molecule has 0 aromatic heterocycles. The average molecular weight is 781 g/mol. The van der Waals surface area contributed by atoms with Gasteiger partial charge in [-0.25, -0.2) is 24.0 Å². The lowest BCUT2D eigenvalue weighted by Crippen LogP contribution is -2.63. The van der Waals surface area contributed by atoms with Gasteiger partial charge in [-0.3, -0.25) is 0 Å². The molecule has 0 N–H and O–H groups in total. The molecule has 1 heterocycles. The van der Waals surface area contributed by atoms with Gasteiger partial charge < -0.3 is 28.4 Å². The van der Waals surface area contributed by atoms with Crippen molar-refractivity contribution in [3.63, 3.8) is 0 Å². The van der Waals surface area contributed by atoms with Crippen LogP contribution >= 0.6 is 0 Å². The predicted molar refractivity (Wildman–Crippen MR) is 211 cm³/mol. The van der Waals surface area contributed by atoms with Gasteiger partial charge in [-0.1, -0.05) is 110 Å². The first-order valence-corrected chi connectivity index (χ1v) is 18.8. The summed E-state index contributed by atoms with van der Waals surface area (Å²) in [5.41, 5.74) is 1.06. The molecule has 11 heteroatoms. The number of rotatable bonds is 13. The Bertz CT molecular complexity index is 2230. The quantitative estimate of drug-likeness (QED) is 0.0504. The molecule has 5 aromatic rings. The van der Waals surface area contributed by atoms with Gasteiger partial charge in [-0.05, 0) is 67.1 Å². The lowest BCUT2D eigenvalue weighted by atomic mass is 9.97. The fourth-order valence-electron chi connectivity index (χ4n) is 5.98. The topological polar surface area (TPSA) is 141 Å². The highest BCUT2D eigenvalue weighted by molar-refractivity contribution is 5.93. The maximum absolute atomic E-state index is 14.1. The van der Waals surface area contributed by atoms with Crippen molar-refractivity contribution >= 4 is 29.8 Å². The van der Waals surface area contributed by atoms with Gasteiger partial charge in [0.25, 0.3) is 0 Å². The van der Waals surface area contributed by atoms with Crippen LogP contribution in [-0.4, -0.2) is 67.2 Å². The molecule has 0 bridgehead atoms. The first-order chi connectivity index (χ1) is 28.3. The van der Waals surface area contributed by atoms with E-state index in [2.05, 4.69) is 11.8 Å². The van der Waals surface area contributed by atoms with E-state index in [1.54, 1.807) is 103 Å². The molecular formula is C47H40O11. The maximum Gasteiger partial charge on any atom is 0.341 e. The molecule has 58 heavy (non-hydrogen) atoms. The fourth-order valence-corrected chi connectivity index (χ4v) is 5.98. The Labute approximate surface area is 335 Å². The Hall–Kier alpha value is -7.03. The molecule has 1 aliphatic rings. The SMILES string of the molecule is CCCCC#Cc1ccccc1C(=O)O[C@@H]1OC(COC(=O)c2ccccc2)[C@@H](OC(=O)c2ccccc2)C(OC(=O)c2ccccc2)C1OC(=O)c1ccccc1. The lowest BCUT2D eigenvalue weighted by molar-refractivity contribution is -0.282. The van der Waals surface area contributed by atoms with Crippen LogP contribution in [0.5, 0.6) is 0 Å². The molecule has 3 unspecified atom stereocenters. The summed E-state index contributed by atoms with van der Waals surface area (Å²) in [6.07, 6.45) is -5.83. The Morgan fingerprint density at radius 2 is 0.966 bits per heavy atom. The van der Waals surface area contributed by atoms with E-state index in [-0.39, 0.29) is 27.8 Å². The van der Waals surface area contributed by atoms with Crippen LogP contribution in [0.4, 0.5) is 0 Å². The lowest BCUT2D eigenvalue weighted by Gasteiger charge is -2.43. The van der Waals surface area contributed by atoms with E-state index in [0.717, 1.165) is 12.8 Å². The summed E-state index contributed by atoms with van der Waals surface area (Å²) in [5.74, 6) is 1.83. The summed E-state index contributed by atoms with van der Waals surface area (Å²) >= 11 is 0. The predicted octanol–water partition coefficient (Wildman–Crippen LogP) is 7.64. The number of carbonyl (C=O) groups excluding carboxylic acids is 5. The first kappa shape index (κ1) is 40.6. The summed E-state index contributed by atoms with van der Waals surface area (Å²) in [6, 6.07) is 38.6. The van der Waals surface area contributed by atoms with Crippen molar-refractivity contribution in [2.45, 2.75) is 56.9 Å². The van der Waals surface area contributed by atoms with Crippen LogP contribution in [0.25, 0.3) is 0 Å². The summed E-state index contributed by atoms with van der Waals surface area (Å²) in [7, 11) is 0.